The second-order valence-corrected chi connectivity index (χ2v) is 5.48. The smallest absolute Gasteiger partial charge is 0.249 e. The lowest BCUT2D eigenvalue weighted by Crippen LogP contribution is -2.30. The van der Waals surface area contributed by atoms with Gasteiger partial charge in [-0.15, -0.1) is 24.8 Å². The summed E-state index contributed by atoms with van der Waals surface area (Å²) in [7, 11) is 0. The summed E-state index contributed by atoms with van der Waals surface area (Å²) in [6, 6.07) is 15.9. The zero-order chi connectivity index (χ0) is 14.7. The van der Waals surface area contributed by atoms with Crippen LogP contribution in [-0.2, 0) is 0 Å². The molecule has 0 bridgehead atoms. The molecule has 23 heavy (non-hydrogen) atoms. The summed E-state index contributed by atoms with van der Waals surface area (Å²) in [6.07, 6.45) is 3.69. The number of amides is 1. The fourth-order valence-electron chi connectivity index (χ4n) is 3.05. The van der Waals surface area contributed by atoms with Crippen molar-refractivity contribution in [2.75, 3.05) is 18.0 Å². The number of rotatable bonds is 3. The van der Waals surface area contributed by atoms with E-state index in [-0.39, 0.29) is 30.7 Å². The minimum absolute atomic E-state index is 0. The van der Waals surface area contributed by atoms with Crippen LogP contribution in [0.2, 0.25) is 0 Å². The van der Waals surface area contributed by atoms with Crippen LogP contribution in [0.15, 0.2) is 48.5 Å². The summed E-state index contributed by atoms with van der Waals surface area (Å²) >= 11 is 0. The van der Waals surface area contributed by atoms with E-state index in [0.717, 1.165) is 29.9 Å². The highest BCUT2D eigenvalue weighted by Crippen LogP contribution is 2.35. The second kappa shape index (κ2) is 8.80. The van der Waals surface area contributed by atoms with E-state index < -0.39 is 0 Å². The van der Waals surface area contributed by atoms with Gasteiger partial charge in [0.25, 0.3) is 0 Å². The van der Waals surface area contributed by atoms with Crippen molar-refractivity contribution in [1.82, 2.24) is 0 Å². The fourth-order valence-corrected chi connectivity index (χ4v) is 3.05. The van der Waals surface area contributed by atoms with E-state index in [9.17, 15) is 4.79 Å². The number of hydrogen-bond acceptors (Lipinski definition) is 2. The Bertz CT molecular complexity index is 641. The maximum Gasteiger partial charge on any atom is 0.249 e. The summed E-state index contributed by atoms with van der Waals surface area (Å²) in [4.78, 5) is 14.2. The number of piperidine rings is 1. The first-order valence-corrected chi connectivity index (χ1v) is 7.50. The largest absolute Gasteiger partial charge is 0.371 e. The van der Waals surface area contributed by atoms with Crippen molar-refractivity contribution in [1.29, 1.82) is 0 Å². The summed E-state index contributed by atoms with van der Waals surface area (Å²) in [5.74, 6) is -0.368. The molecule has 1 heterocycles. The number of benzene rings is 2. The molecule has 0 radical (unpaired) electrons. The van der Waals surface area contributed by atoms with Gasteiger partial charge in [0.15, 0.2) is 0 Å². The van der Waals surface area contributed by atoms with Gasteiger partial charge in [-0.3, -0.25) is 4.79 Å². The van der Waals surface area contributed by atoms with Gasteiger partial charge in [0.05, 0.1) is 0 Å². The lowest BCUT2D eigenvalue weighted by atomic mass is 9.95. The minimum Gasteiger partial charge on any atom is -0.371 e. The zero-order valence-corrected chi connectivity index (χ0v) is 14.5. The number of hydrogen-bond donors (Lipinski definition) is 1. The molecule has 3 nitrogen and oxygen atoms in total. The SMILES string of the molecule is Cl.Cl.NC(=O)c1cccc(N2CCCCC2)c1-c1ccccc1. The number of primary amides is 1. The molecule has 0 saturated carbocycles. The lowest BCUT2D eigenvalue weighted by Gasteiger charge is -2.31. The van der Waals surface area contributed by atoms with Crippen LogP contribution >= 0.6 is 24.8 Å². The highest BCUT2D eigenvalue weighted by Gasteiger charge is 2.19. The van der Waals surface area contributed by atoms with Crippen LogP contribution in [0.25, 0.3) is 11.1 Å². The Labute approximate surface area is 149 Å². The minimum atomic E-state index is -0.368. The van der Waals surface area contributed by atoms with Crippen LogP contribution in [0.4, 0.5) is 5.69 Å². The van der Waals surface area contributed by atoms with Gasteiger partial charge < -0.3 is 10.6 Å². The molecule has 1 amide bonds. The Morgan fingerprint density at radius 3 is 2.13 bits per heavy atom. The van der Waals surface area contributed by atoms with Crippen LogP contribution in [0.1, 0.15) is 29.6 Å². The van der Waals surface area contributed by atoms with Crippen LogP contribution in [-0.4, -0.2) is 19.0 Å². The molecule has 3 rings (SSSR count). The molecule has 1 aliphatic rings. The average molecular weight is 353 g/mol. The van der Waals surface area contributed by atoms with Gasteiger partial charge in [-0.25, -0.2) is 0 Å². The van der Waals surface area contributed by atoms with Crippen molar-refractivity contribution in [3.8, 4) is 11.1 Å². The van der Waals surface area contributed by atoms with Crippen molar-refractivity contribution in [2.24, 2.45) is 5.73 Å². The summed E-state index contributed by atoms with van der Waals surface area (Å²) < 4.78 is 0. The molecule has 1 fully saturated rings. The van der Waals surface area contributed by atoms with Gasteiger partial charge in [0.2, 0.25) is 5.91 Å². The quantitative estimate of drug-likeness (QED) is 0.895. The van der Waals surface area contributed by atoms with Gasteiger partial charge in [-0.1, -0.05) is 36.4 Å². The van der Waals surface area contributed by atoms with Crippen LogP contribution < -0.4 is 10.6 Å². The third kappa shape index (κ3) is 4.18. The molecule has 2 N–H and O–H groups in total. The van der Waals surface area contributed by atoms with Crippen molar-refractivity contribution in [3.05, 3.63) is 54.1 Å². The van der Waals surface area contributed by atoms with E-state index >= 15 is 0 Å². The van der Waals surface area contributed by atoms with Crippen molar-refractivity contribution in [2.45, 2.75) is 19.3 Å². The van der Waals surface area contributed by atoms with Crippen molar-refractivity contribution in [3.63, 3.8) is 0 Å². The van der Waals surface area contributed by atoms with E-state index in [0.29, 0.717) is 5.56 Å². The predicted octanol–water partition coefficient (Wildman–Crippen LogP) is 4.29. The Morgan fingerprint density at radius 1 is 0.870 bits per heavy atom. The number of anilines is 1. The van der Waals surface area contributed by atoms with Crippen molar-refractivity contribution < 1.29 is 4.79 Å². The molecule has 0 spiro atoms. The lowest BCUT2D eigenvalue weighted by molar-refractivity contribution is 0.100. The van der Waals surface area contributed by atoms with Crippen molar-refractivity contribution >= 4 is 36.4 Å². The molecule has 0 aliphatic carbocycles. The number of nitrogens with two attached hydrogens (primary N) is 1. The summed E-state index contributed by atoms with van der Waals surface area (Å²) in [6.45, 7) is 2.09. The molecular formula is C18H22Cl2N2O. The molecular weight excluding hydrogens is 331 g/mol. The predicted molar refractivity (Wildman–Crippen MR) is 101 cm³/mol. The Morgan fingerprint density at radius 2 is 1.52 bits per heavy atom. The van der Waals surface area contributed by atoms with Gasteiger partial charge >= 0.3 is 0 Å². The number of nitrogens with zero attached hydrogens (tertiary/aromatic N) is 1. The van der Waals surface area contributed by atoms with E-state index in [1.54, 1.807) is 0 Å². The molecule has 0 atom stereocenters. The number of halogens is 2. The Balaban J connectivity index is 0.00000132. The van der Waals surface area contributed by atoms with Gasteiger partial charge in [-0.05, 0) is 37.0 Å². The van der Waals surface area contributed by atoms with Crippen LogP contribution in [0.5, 0.6) is 0 Å². The average Bonchev–Trinajstić information content (AvgIpc) is 2.55. The molecule has 0 aromatic heterocycles. The molecule has 2 aromatic rings. The summed E-state index contributed by atoms with van der Waals surface area (Å²) in [5.41, 5.74) is 9.33. The molecule has 1 saturated heterocycles. The number of carbonyl (C=O) groups excluding carboxylic acids is 1. The molecule has 2 aromatic carbocycles. The van der Waals surface area contributed by atoms with E-state index in [1.807, 2.05) is 42.5 Å². The van der Waals surface area contributed by atoms with Crippen LogP contribution in [0.3, 0.4) is 0 Å². The van der Waals surface area contributed by atoms with E-state index in [2.05, 4.69) is 11.0 Å². The number of carbonyl (C=O) groups is 1. The molecule has 124 valence electrons. The van der Waals surface area contributed by atoms with Gasteiger partial charge in [-0.2, -0.15) is 0 Å². The molecule has 0 unspecified atom stereocenters. The third-order valence-corrected chi connectivity index (χ3v) is 4.07. The van der Waals surface area contributed by atoms with E-state index in [4.69, 9.17) is 5.73 Å². The maximum atomic E-state index is 11.8. The standard InChI is InChI=1S/C18H20N2O.2ClH/c19-18(21)15-10-7-11-16(20-12-5-2-6-13-20)17(15)14-8-3-1-4-9-14;;/h1,3-4,7-11H,2,5-6,12-13H2,(H2,19,21);2*1H. The molecule has 1 aliphatic heterocycles. The first-order valence-electron chi connectivity index (χ1n) is 7.50. The summed E-state index contributed by atoms with van der Waals surface area (Å²) in [5, 5.41) is 0. The Hall–Kier alpha value is -1.71. The fraction of sp³-hybridized carbons (Fsp3) is 0.278. The third-order valence-electron chi connectivity index (χ3n) is 4.07. The first kappa shape index (κ1) is 19.3. The Kier molecular flexibility index (Phi) is 7.40. The topological polar surface area (TPSA) is 46.3 Å². The normalized spacial score (nSPS) is 13.7. The second-order valence-electron chi connectivity index (χ2n) is 5.48. The monoisotopic (exact) mass is 352 g/mol. The van der Waals surface area contributed by atoms with Gasteiger partial charge in [0, 0.05) is 29.9 Å². The highest BCUT2D eigenvalue weighted by atomic mass is 35.5. The van der Waals surface area contributed by atoms with E-state index in [1.165, 1.54) is 19.3 Å². The van der Waals surface area contributed by atoms with Crippen LogP contribution in [0, 0.1) is 0 Å². The van der Waals surface area contributed by atoms with Gasteiger partial charge in [0.1, 0.15) is 0 Å². The first-order chi connectivity index (χ1) is 10.3. The highest BCUT2D eigenvalue weighted by molar-refractivity contribution is 6.03. The zero-order valence-electron chi connectivity index (χ0n) is 12.9. The molecule has 5 heteroatoms. The maximum absolute atomic E-state index is 11.8.